The van der Waals surface area contributed by atoms with E-state index in [1.165, 1.54) is 6.42 Å². The van der Waals surface area contributed by atoms with Crippen molar-refractivity contribution >= 4 is 23.4 Å². The number of hydrogen-bond acceptors (Lipinski definition) is 4. The first-order valence-corrected chi connectivity index (χ1v) is 13.0. The van der Waals surface area contributed by atoms with Crippen LogP contribution in [0, 0.1) is 0 Å². The highest BCUT2D eigenvalue weighted by Crippen LogP contribution is 2.21. The third kappa shape index (κ3) is 8.46. The molecule has 2 amide bonds. The number of carbonyl (C=O) groups excluding carboxylic acids is 2. The van der Waals surface area contributed by atoms with E-state index in [1.807, 2.05) is 43.3 Å². The lowest BCUT2D eigenvalue weighted by Crippen LogP contribution is -2.51. The maximum Gasteiger partial charge on any atom is 0.243 e. The summed E-state index contributed by atoms with van der Waals surface area (Å²) in [4.78, 5) is 28.4. The van der Waals surface area contributed by atoms with Gasteiger partial charge in [-0.15, -0.1) is 0 Å². The summed E-state index contributed by atoms with van der Waals surface area (Å²) in [7, 11) is 1.62. The van der Waals surface area contributed by atoms with E-state index in [0.717, 1.165) is 37.0 Å². The summed E-state index contributed by atoms with van der Waals surface area (Å²) in [6.45, 7) is 2.72. The second kappa shape index (κ2) is 14.0. The smallest absolute Gasteiger partial charge is 0.243 e. The molecule has 7 heteroatoms. The summed E-state index contributed by atoms with van der Waals surface area (Å²) in [6, 6.07) is 14.5. The molecule has 2 aromatic carbocycles. The van der Waals surface area contributed by atoms with Gasteiger partial charge in [0.15, 0.2) is 0 Å². The van der Waals surface area contributed by atoms with Crippen LogP contribution in [0.15, 0.2) is 48.5 Å². The average Bonchev–Trinajstić information content (AvgIpc) is 2.88. The summed E-state index contributed by atoms with van der Waals surface area (Å²) >= 11 is 5.92. The van der Waals surface area contributed by atoms with Crippen molar-refractivity contribution in [3.05, 3.63) is 59.1 Å². The Morgan fingerprint density at radius 3 is 2.51 bits per heavy atom. The third-order valence-corrected chi connectivity index (χ3v) is 6.69. The summed E-state index contributed by atoms with van der Waals surface area (Å²) in [5.41, 5.74) is 0.930. The minimum absolute atomic E-state index is 0.0572. The summed E-state index contributed by atoms with van der Waals surface area (Å²) in [5, 5.41) is 3.86. The van der Waals surface area contributed by atoms with Gasteiger partial charge in [-0.1, -0.05) is 49.9 Å². The highest BCUT2D eigenvalue weighted by atomic mass is 35.5. The highest BCUT2D eigenvalue weighted by Gasteiger charge is 2.30. The average molecular weight is 501 g/mol. The Labute approximate surface area is 213 Å². The number of rotatable bonds is 12. The fourth-order valence-corrected chi connectivity index (χ4v) is 4.65. The molecule has 0 spiro atoms. The van der Waals surface area contributed by atoms with E-state index < -0.39 is 6.04 Å². The number of carbonyl (C=O) groups is 2. The minimum atomic E-state index is -0.521. The second-order valence-electron chi connectivity index (χ2n) is 9.05. The Hall–Kier alpha value is -2.73. The molecule has 190 valence electrons. The van der Waals surface area contributed by atoms with Gasteiger partial charge in [-0.3, -0.25) is 9.59 Å². The lowest BCUT2D eigenvalue weighted by atomic mass is 9.95. The van der Waals surface area contributed by atoms with Crippen LogP contribution < -0.4 is 14.8 Å². The first-order chi connectivity index (χ1) is 17.0. The molecular formula is C28H37ClN2O4. The van der Waals surface area contributed by atoms with Gasteiger partial charge in [-0.25, -0.2) is 0 Å². The molecule has 0 saturated heterocycles. The quantitative estimate of drug-likeness (QED) is 0.376. The van der Waals surface area contributed by atoms with Crippen LogP contribution in [0.5, 0.6) is 11.5 Å². The molecule has 1 aliphatic rings. The van der Waals surface area contributed by atoms with Gasteiger partial charge < -0.3 is 19.7 Å². The van der Waals surface area contributed by atoms with Gasteiger partial charge in [0.05, 0.1) is 13.7 Å². The Bertz CT molecular complexity index is 944. The van der Waals surface area contributed by atoms with Gasteiger partial charge in [0, 0.05) is 24.0 Å². The summed E-state index contributed by atoms with van der Waals surface area (Å²) < 4.78 is 11.1. The van der Waals surface area contributed by atoms with E-state index in [4.69, 9.17) is 21.1 Å². The number of hydrogen-bond donors (Lipinski definition) is 1. The zero-order valence-corrected chi connectivity index (χ0v) is 21.6. The molecule has 0 unspecified atom stereocenters. The van der Waals surface area contributed by atoms with Crippen LogP contribution in [0.25, 0.3) is 0 Å². The molecule has 1 N–H and O–H groups in total. The fourth-order valence-electron chi connectivity index (χ4n) is 4.52. The highest BCUT2D eigenvalue weighted by molar-refractivity contribution is 6.30. The summed E-state index contributed by atoms with van der Waals surface area (Å²) in [6.07, 6.45) is 6.92. The van der Waals surface area contributed by atoms with Crippen LogP contribution in [0.3, 0.4) is 0 Å². The lowest BCUT2D eigenvalue weighted by Gasteiger charge is -2.33. The van der Waals surface area contributed by atoms with E-state index >= 15 is 0 Å². The summed E-state index contributed by atoms with van der Waals surface area (Å²) in [5.74, 6) is 1.32. The molecule has 6 nitrogen and oxygen atoms in total. The van der Waals surface area contributed by atoms with Crippen LogP contribution in [0.1, 0.15) is 63.9 Å². The minimum Gasteiger partial charge on any atom is -0.497 e. The Balaban J connectivity index is 1.66. The molecule has 3 rings (SSSR count). The van der Waals surface area contributed by atoms with Crippen molar-refractivity contribution in [2.75, 3.05) is 13.7 Å². The zero-order valence-electron chi connectivity index (χ0n) is 20.8. The fraction of sp³-hybridized carbons (Fsp3) is 0.500. The molecule has 35 heavy (non-hydrogen) atoms. The second-order valence-corrected chi connectivity index (χ2v) is 9.48. The molecular weight excluding hydrogens is 464 g/mol. The molecule has 0 heterocycles. The van der Waals surface area contributed by atoms with Gasteiger partial charge in [0.2, 0.25) is 11.8 Å². The van der Waals surface area contributed by atoms with Crippen molar-refractivity contribution in [2.24, 2.45) is 0 Å². The number of halogens is 1. The van der Waals surface area contributed by atoms with Crippen molar-refractivity contribution in [2.45, 2.75) is 76.9 Å². The number of nitrogens with zero attached hydrogens (tertiary/aromatic N) is 1. The molecule has 0 radical (unpaired) electrons. The van der Waals surface area contributed by atoms with Gasteiger partial charge in [-0.2, -0.15) is 0 Å². The van der Waals surface area contributed by atoms with E-state index in [2.05, 4.69) is 5.32 Å². The number of nitrogens with one attached hydrogen (secondary N) is 1. The van der Waals surface area contributed by atoms with Gasteiger partial charge in [-0.05, 0) is 67.6 Å². The molecule has 0 aliphatic heterocycles. The van der Waals surface area contributed by atoms with Crippen molar-refractivity contribution in [1.82, 2.24) is 10.2 Å². The molecule has 1 fully saturated rings. The van der Waals surface area contributed by atoms with Crippen molar-refractivity contribution in [3.8, 4) is 11.5 Å². The standard InChI is InChI=1S/C28H37ClN2O4/c1-3-26(28(33)30-23-10-5-4-6-11-23)31(20-21-9-7-12-25(19-21)34-2)27(32)13-8-18-35-24-16-14-22(29)15-17-24/h7,9,12,14-17,19,23,26H,3-6,8,10-11,13,18,20H2,1-2H3,(H,30,33)/t26-/m1/s1. The third-order valence-electron chi connectivity index (χ3n) is 6.44. The van der Waals surface area contributed by atoms with Crippen LogP contribution in [-0.2, 0) is 16.1 Å². The van der Waals surface area contributed by atoms with E-state index in [9.17, 15) is 9.59 Å². The Morgan fingerprint density at radius 2 is 1.83 bits per heavy atom. The molecule has 1 saturated carbocycles. The van der Waals surface area contributed by atoms with Crippen LogP contribution >= 0.6 is 11.6 Å². The van der Waals surface area contributed by atoms with Crippen LogP contribution in [-0.4, -0.2) is 42.5 Å². The lowest BCUT2D eigenvalue weighted by molar-refractivity contribution is -0.142. The van der Waals surface area contributed by atoms with Crippen LogP contribution in [0.2, 0.25) is 5.02 Å². The molecule has 0 bridgehead atoms. The first-order valence-electron chi connectivity index (χ1n) is 12.6. The Morgan fingerprint density at radius 1 is 1.09 bits per heavy atom. The van der Waals surface area contributed by atoms with E-state index in [1.54, 1.807) is 24.1 Å². The van der Waals surface area contributed by atoms with E-state index in [-0.39, 0.29) is 17.9 Å². The normalized spacial score (nSPS) is 14.7. The van der Waals surface area contributed by atoms with Crippen molar-refractivity contribution in [1.29, 1.82) is 0 Å². The van der Waals surface area contributed by atoms with Gasteiger partial charge in [0.25, 0.3) is 0 Å². The monoisotopic (exact) mass is 500 g/mol. The SMILES string of the molecule is CC[C@H](C(=O)NC1CCCCC1)N(Cc1cccc(OC)c1)C(=O)CCCOc1ccc(Cl)cc1. The van der Waals surface area contributed by atoms with Gasteiger partial charge >= 0.3 is 0 Å². The first kappa shape index (κ1) is 26.9. The van der Waals surface area contributed by atoms with Crippen molar-refractivity contribution < 1.29 is 19.1 Å². The largest absolute Gasteiger partial charge is 0.497 e. The number of methoxy groups -OCH3 is 1. The number of amides is 2. The maximum absolute atomic E-state index is 13.4. The Kier molecular flexibility index (Phi) is 10.7. The molecule has 0 aromatic heterocycles. The number of ether oxygens (including phenoxy) is 2. The number of benzene rings is 2. The topological polar surface area (TPSA) is 67.9 Å². The van der Waals surface area contributed by atoms with Gasteiger partial charge in [0.1, 0.15) is 17.5 Å². The van der Waals surface area contributed by atoms with E-state index in [0.29, 0.717) is 43.2 Å². The predicted molar refractivity (Wildman–Crippen MR) is 139 cm³/mol. The molecule has 1 aliphatic carbocycles. The van der Waals surface area contributed by atoms with Crippen LogP contribution in [0.4, 0.5) is 0 Å². The zero-order chi connectivity index (χ0) is 25.0. The maximum atomic E-state index is 13.4. The molecule has 2 aromatic rings. The molecule has 1 atom stereocenters. The van der Waals surface area contributed by atoms with Crippen molar-refractivity contribution in [3.63, 3.8) is 0 Å². The predicted octanol–water partition coefficient (Wildman–Crippen LogP) is 5.76.